The molecule has 8 heteroatoms. The average Bonchev–Trinajstić information content (AvgIpc) is 3.21. The van der Waals surface area contributed by atoms with Gasteiger partial charge in [-0.2, -0.15) is 0 Å². The van der Waals surface area contributed by atoms with Crippen LogP contribution in [0.15, 0.2) is 47.3 Å². The summed E-state index contributed by atoms with van der Waals surface area (Å²) in [4.78, 5) is 20.5. The monoisotopic (exact) mass is 538 g/mol. The van der Waals surface area contributed by atoms with E-state index in [1.807, 2.05) is 51.1 Å². The topological polar surface area (TPSA) is 83.7 Å². The summed E-state index contributed by atoms with van der Waals surface area (Å²) in [6.45, 7) is 6.37. The Balaban J connectivity index is 1.61. The smallest absolute Gasteiger partial charge is 0.308 e. The number of fused-ring (bicyclic) bond motifs is 1. The molecule has 1 aromatic carbocycles. The van der Waals surface area contributed by atoms with E-state index in [0.717, 1.165) is 27.4 Å². The van der Waals surface area contributed by atoms with Crippen LogP contribution in [-0.4, -0.2) is 45.3 Å². The Hall–Kier alpha value is -2.20. The molecular weight excluding hydrogens is 511 g/mol. The van der Waals surface area contributed by atoms with Gasteiger partial charge in [-0.25, -0.2) is 9.97 Å². The molecule has 166 valence electrons. The molecule has 0 bridgehead atoms. The summed E-state index contributed by atoms with van der Waals surface area (Å²) in [6.07, 6.45) is 3.84. The van der Waals surface area contributed by atoms with E-state index in [2.05, 4.69) is 32.6 Å². The summed E-state index contributed by atoms with van der Waals surface area (Å²) in [5.74, 6) is 0.184. The van der Waals surface area contributed by atoms with E-state index in [1.54, 1.807) is 6.26 Å². The van der Waals surface area contributed by atoms with Crippen LogP contribution in [0.25, 0.3) is 22.2 Å². The lowest BCUT2D eigenvalue weighted by molar-refractivity contribution is -0.156. The number of ether oxygens (including phenoxy) is 3. The predicted octanol–water partition coefficient (Wildman–Crippen LogP) is 5.21. The summed E-state index contributed by atoms with van der Waals surface area (Å²) < 4.78 is 23.6. The van der Waals surface area contributed by atoms with Gasteiger partial charge in [0.05, 0.1) is 19.1 Å². The van der Waals surface area contributed by atoms with E-state index in [4.69, 9.17) is 18.6 Å². The summed E-state index contributed by atoms with van der Waals surface area (Å²) in [5.41, 5.74) is 1.88. The zero-order valence-electron chi connectivity index (χ0n) is 18.0. The molecule has 0 radical (unpaired) electrons. The Labute approximate surface area is 195 Å². The second-order valence-corrected chi connectivity index (χ2v) is 8.47. The number of furan rings is 1. The first-order valence-corrected chi connectivity index (χ1v) is 11.8. The summed E-state index contributed by atoms with van der Waals surface area (Å²) in [6, 6.07) is 9.88. The number of carbonyl (C=O) groups is 1. The van der Waals surface area contributed by atoms with E-state index in [9.17, 15) is 4.79 Å². The minimum Gasteiger partial charge on any atom is -0.474 e. The molecule has 0 fully saturated rings. The fourth-order valence-electron chi connectivity index (χ4n) is 2.94. The second kappa shape index (κ2) is 10.9. The van der Waals surface area contributed by atoms with Crippen LogP contribution in [-0.2, 0) is 14.3 Å². The molecule has 31 heavy (non-hydrogen) atoms. The number of halogens is 1. The first-order chi connectivity index (χ1) is 14.9. The molecule has 0 aliphatic carbocycles. The van der Waals surface area contributed by atoms with E-state index < -0.39 is 5.60 Å². The lowest BCUT2D eigenvalue weighted by atomic mass is 10.1. The number of benzene rings is 1. The van der Waals surface area contributed by atoms with Crippen LogP contribution < -0.4 is 4.74 Å². The van der Waals surface area contributed by atoms with Gasteiger partial charge in [0.15, 0.2) is 0 Å². The molecule has 0 saturated carbocycles. The summed E-state index contributed by atoms with van der Waals surface area (Å²) in [7, 11) is 0. The minimum atomic E-state index is -0.468. The van der Waals surface area contributed by atoms with Crippen molar-refractivity contribution in [3.63, 3.8) is 0 Å². The third-order valence-corrected chi connectivity index (χ3v) is 6.49. The van der Waals surface area contributed by atoms with Crippen LogP contribution in [0.2, 0.25) is 0 Å². The van der Waals surface area contributed by atoms with Crippen LogP contribution in [0.4, 0.5) is 0 Å². The highest BCUT2D eigenvalue weighted by Gasteiger charge is 2.22. The molecule has 2 aromatic heterocycles. The Morgan fingerprint density at radius 2 is 2.00 bits per heavy atom. The Bertz CT molecular complexity index is 990. The molecular formula is C23H27IN2O5. The second-order valence-electron chi connectivity index (χ2n) is 7.70. The van der Waals surface area contributed by atoms with E-state index >= 15 is 0 Å². The normalized spacial score (nSPS) is 12.6. The first-order valence-electron chi connectivity index (χ1n) is 10.2. The largest absolute Gasteiger partial charge is 0.474 e. The van der Waals surface area contributed by atoms with Crippen molar-refractivity contribution in [2.75, 3.05) is 17.6 Å². The van der Waals surface area contributed by atoms with Gasteiger partial charge in [0.2, 0.25) is 11.6 Å². The van der Waals surface area contributed by atoms with Crippen molar-refractivity contribution in [1.82, 2.24) is 9.97 Å². The highest BCUT2D eigenvalue weighted by atomic mass is 127. The zero-order chi connectivity index (χ0) is 22.3. The molecule has 2 heterocycles. The van der Waals surface area contributed by atoms with E-state index in [0.29, 0.717) is 18.2 Å². The lowest BCUT2D eigenvalue weighted by Crippen LogP contribution is -2.30. The van der Waals surface area contributed by atoms with Crippen LogP contribution in [0.3, 0.4) is 0 Å². The van der Waals surface area contributed by atoms with Crippen molar-refractivity contribution in [1.29, 1.82) is 0 Å². The van der Waals surface area contributed by atoms with Crippen LogP contribution in [0.1, 0.15) is 33.6 Å². The maximum absolute atomic E-state index is 12.0. The van der Waals surface area contributed by atoms with Crippen molar-refractivity contribution in [2.45, 2.75) is 45.3 Å². The number of alkyl halides is 1. The highest BCUT2D eigenvalue weighted by Crippen LogP contribution is 2.34. The maximum atomic E-state index is 12.0. The SMILES string of the molecule is CC[C@@H](COc1ncnc2occ(-c3ccccc3)c12)OCCC(=O)OC(C)(C)CI. The van der Waals surface area contributed by atoms with Crippen molar-refractivity contribution in [3.8, 4) is 17.0 Å². The molecule has 0 N–H and O–H groups in total. The van der Waals surface area contributed by atoms with Crippen LogP contribution in [0, 0.1) is 0 Å². The molecule has 3 aromatic rings. The molecule has 7 nitrogen and oxygen atoms in total. The van der Waals surface area contributed by atoms with Gasteiger partial charge < -0.3 is 18.6 Å². The van der Waals surface area contributed by atoms with Gasteiger partial charge in [0, 0.05) is 9.99 Å². The fourth-order valence-corrected chi connectivity index (χ4v) is 3.09. The molecule has 3 rings (SSSR count). The number of nitrogens with zero attached hydrogens (tertiary/aromatic N) is 2. The molecule has 0 aliphatic rings. The molecule has 0 aliphatic heterocycles. The lowest BCUT2D eigenvalue weighted by Gasteiger charge is -2.23. The number of rotatable bonds is 11. The van der Waals surface area contributed by atoms with E-state index in [1.165, 1.54) is 6.33 Å². The molecule has 0 unspecified atom stereocenters. The van der Waals surface area contributed by atoms with Gasteiger partial charge in [-0.1, -0.05) is 59.8 Å². The van der Waals surface area contributed by atoms with Crippen molar-refractivity contribution < 1.29 is 23.4 Å². The van der Waals surface area contributed by atoms with Crippen molar-refractivity contribution in [2.24, 2.45) is 0 Å². The van der Waals surface area contributed by atoms with Gasteiger partial charge in [-0.15, -0.1) is 0 Å². The molecule has 0 spiro atoms. The number of aromatic nitrogens is 2. The third kappa shape index (κ3) is 6.39. The van der Waals surface area contributed by atoms with Gasteiger partial charge in [0.1, 0.15) is 30.2 Å². The highest BCUT2D eigenvalue weighted by molar-refractivity contribution is 14.1. The van der Waals surface area contributed by atoms with Crippen molar-refractivity contribution in [3.05, 3.63) is 42.9 Å². The molecule has 1 atom stereocenters. The minimum absolute atomic E-state index is 0.178. The van der Waals surface area contributed by atoms with Crippen LogP contribution in [0.5, 0.6) is 5.88 Å². The van der Waals surface area contributed by atoms with Crippen LogP contribution >= 0.6 is 22.6 Å². The summed E-state index contributed by atoms with van der Waals surface area (Å²) >= 11 is 2.20. The number of carbonyl (C=O) groups excluding carboxylic acids is 1. The number of hydrogen-bond acceptors (Lipinski definition) is 7. The fraction of sp³-hybridized carbons (Fsp3) is 0.435. The number of hydrogen-bond donors (Lipinski definition) is 0. The summed E-state index contributed by atoms with van der Waals surface area (Å²) in [5, 5.41) is 0.730. The molecule has 0 saturated heterocycles. The third-order valence-electron chi connectivity index (χ3n) is 4.65. The Morgan fingerprint density at radius 1 is 1.23 bits per heavy atom. The van der Waals surface area contributed by atoms with E-state index in [-0.39, 0.29) is 25.1 Å². The Kier molecular flexibility index (Phi) is 8.25. The predicted molar refractivity (Wildman–Crippen MR) is 126 cm³/mol. The first kappa shape index (κ1) is 23.5. The van der Waals surface area contributed by atoms with Gasteiger partial charge >= 0.3 is 5.97 Å². The average molecular weight is 538 g/mol. The van der Waals surface area contributed by atoms with Gasteiger partial charge in [-0.3, -0.25) is 4.79 Å². The quantitative estimate of drug-likeness (QED) is 0.188. The zero-order valence-corrected chi connectivity index (χ0v) is 20.1. The Morgan fingerprint density at radius 3 is 2.71 bits per heavy atom. The molecule has 0 amide bonds. The van der Waals surface area contributed by atoms with Crippen molar-refractivity contribution >= 4 is 39.7 Å². The maximum Gasteiger partial charge on any atom is 0.308 e. The van der Waals surface area contributed by atoms with Gasteiger partial charge in [0.25, 0.3) is 0 Å². The standard InChI is InChI=1S/C23H27IN2O5/c1-4-17(28-11-10-19(27)31-23(2,3)14-24)12-29-21-20-18(16-8-6-5-7-9-16)13-30-22(20)26-15-25-21/h5-9,13,15,17H,4,10-12,14H2,1-3H3/t17-/m0/s1. The number of esters is 1. The van der Waals surface area contributed by atoms with Gasteiger partial charge in [-0.05, 0) is 25.8 Å².